The third-order valence-electron chi connectivity index (χ3n) is 1.87. The van der Waals surface area contributed by atoms with Crippen LogP contribution >= 0.6 is 12.4 Å². The van der Waals surface area contributed by atoms with Gasteiger partial charge in [-0.05, 0) is 12.5 Å². The smallest absolute Gasteiger partial charge is 0.123 e. The molecule has 0 heterocycles. The third-order valence-corrected chi connectivity index (χ3v) is 1.87. The second-order valence-corrected chi connectivity index (χ2v) is 2.80. The van der Waals surface area contributed by atoms with Crippen molar-refractivity contribution in [3.63, 3.8) is 0 Å². The van der Waals surface area contributed by atoms with Crippen molar-refractivity contribution in [3.8, 4) is 5.75 Å². The summed E-state index contributed by atoms with van der Waals surface area (Å²) in [6.45, 7) is 1.64. The van der Waals surface area contributed by atoms with E-state index in [1.165, 1.54) is 0 Å². The van der Waals surface area contributed by atoms with E-state index in [9.17, 15) is 5.11 Å². The van der Waals surface area contributed by atoms with Crippen LogP contribution in [0.3, 0.4) is 0 Å². The molecule has 0 saturated carbocycles. The molecule has 1 aromatic rings. The molecular weight excluding hydrogens is 190 g/mol. The van der Waals surface area contributed by atoms with Gasteiger partial charge in [-0.15, -0.1) is 12.4 Å². The molecule has 0 fully saturated rings. The van der Waals surface area contributed by atoms with Gasteiger partial charge < -0.3 is 15.9 Å². The van der Waals surface area contributed by atoms with Gasteiger partial charge in [0.25, 0.3) is 0 Å². The van der Waals surface area contributed by atoms with Gasteiger partial charge in [0.15, 0.2) is 0 Å². The highest BCUT2D eigenvalue weighted by molar-refractivity contribution is 5.85. The first-order chi connectivity index (χ1) is 5.66. The van der Waals surface area contributed by atoms with E-state index < -0.39 is 6.04 Å². The SMILES string of the molecule is Cc1cccc([C@@H](N)CO)c1O.Cl. The zero-order chi connectivity index (χ0) is 9.14. The first-order valence-electron chi connectivity index (χ1n) is 3.81. The Hall–Kier alpha value is -0.770. The normalized spacial score (nSPS) is 11.9. The number of phenolic OH excluding ortho intramolecular Hbond substituents is 1. The zero-order valence-electron chi connectivity index (χ0n) is 7.40. The van der Waals surface area contributed by atoms with Crippen LogP contribution in [0.5, 0.6) is 5.75 Å². The fourth-order valence-corrected chi connectivity index (χ4v) is 1.08. The van der Waals surface area contributed by atoms with Gasteiger partial charge in [-0.1, -0.05) is 18.2 Å². The molecule has 0 saturated heterocycles. The summed E-state index contributed by atoms with van der Waals surface area (Å²) in [4.78, 5) is 0. The van der Waals surface area contributed by atoms with E-state index in [4.69, 9.17) is 10.8 Å². The second kappa shape index (κ2) is 5.07. The van der Waals surface area contributed by atoms with Crippen molar-refractivity contribution in [1.29, 1.82) is 0 Å². The standard InChI is InChI=1S/C9H13NO2.ClH/c1-6-3-2-4-7(9(6)12)8(10)5-11;/h2-4,8,11-12H,5,10H2,1H3;1H/t8-;/m0./s1. The Morgan fingerprint density at radius 2 is 2.08 bits per heavy atom. The third kappa shape index (κ3) is 2.59. The highest BCUT2D eigenvalue weighted by atomic mass is 35.5. The van der Waals surface area contributed by atoms with E-state index in [1.807, 2.05) is 0 Å². The minimum Gasteiger partial charge on any atom is -0.507 e. The summed E-state index contributed by atoms with van der Waals surface area (Å²) >= 11 is 0. The van der Waals surface area contributed by atoms with Crippen LogP contribution in [-0.4, -0.2) is 16.8 Å². The minimum absolute atomic E-state index is 0. The van der Waals surface area contributed by atoms with Crippen LogP contribution in [0.4, 0.5) is 0 Å². The Morgan fingerprint density at radius 3 is 2.62 bits per heavy atom. The van der Waals surface area contributed by atoms with Crippen LogP contribution in [0.15, 0.2) is 18.2 Å². The minimum atomic E-state index is -0.495. The molecule has 0 aromatic heterocycles. The number of aliphatic hydroxyl groups is 1. The highest BCUT2D eigenvalue weighted by Crippen LogP contribution is 2.25. The summed E-state index contributed by atoms with van der Waals surface area (Å²) in [5, 5.41) is 18.3. The van der Waals surface area contributed by atoms with E-state index in [2.05, 4.69) is 0 Å². The molecule has 74 valence electrons. The summed E-state index contributed by atoms with van der Waals surface area (Å²) < 4.78 is 0. The monoisotopic (exact) mass is 203 g/mol. The predicted molar refractivity (Wildman–Crippen MR) is 54.1 cm³/mol. The molecule has 4 N–H and O–H groups in total. The van der Waals surface area contributed by atoms with Crippen molar-refractivity contribution in [2.24, 2.45) is 5.73 Å². The Balaban J connectivity index is 0.00000144. The van der Waals surface area contributed by atoms with Crippen molar-refractivity contribution in [3.05, 3.63) is 29.3 Å². The van der Waals surface area contributed by atoms with Gasteiger partial charge in [-0.2, -0.15) is 0 Å². The summed E-state index contributed by atoms with van der Waals surface area (Å²) in [6.07, 6.45) is 0. The molecule has 0 bridgehead atoms. The van der Waals surface area contributed by atoms with Crippen LogP contribution in [-0.2, 0) is 0 Å². The van der Waals surface area contributed by atoms with E-state index in [0.717, 1.165) is 5.56 Å². The first kappa shape index (κ1) is 12.2. The van der Waals surface area contributed by atoms with Crippen LogP contribution in [0.25, 0.3) is 0 Å². The molecule has 4 heteroatoms. The van der Waals surface area contributed by atoms with Crippen LogP contribution < -0.4 is 5.73 Å². The molecule has 0 unspecified atom stereocenters. The summed E-state index contributed by atoms with van der Waals surface area (Å²) in [7, 11) is 0. The van der Waals surface area contributed by atoms with Gasteiger partial charge in [0, 0.05) is 5.56 Å². The molecule has 0 aliphatic carbocycles. The number of hydrogen-bond acceptors (Lipinski definition) is 3. The number of rotatable bonds is 2. The molecule has 0 aliphatic rings. The van der Waals surface area contributed by atoms with Gasteiger partial charge in [0.1, 0.15) is 5.75 Å². The number of halogens is 1. The quantitative estimate of drug-likeness (QED) is 0.675. The summed E-state index contributed by atoms with van der Waals surface area (Å²) in [6, 6.07) is 4.82. The van der Waals surface area contributed by atoms with Crippen molar-refractivity contribution in [2.75, 3.05) is 6.61 Å². The zero-order valence-corrected chi connectivity index (χ0v) is 8.21. The van der Waals surface area contributed by atoms with Crippen molar-refractivity contribution >= 4 is 12.4 Å². The topological polar surface area (TPSA) is 66.5 Å². The molecule has 1 atom stereocenters. The number of hydrogen-bond donors (Lipinski definition) is 3. The summed E-state index contributed by atoms with van der Waals surface area (Å²) in [5.41, 5.74) is 6.92. The molecule has 3 nitrogen and oxygen atoms in total. The van der Waals surface area contributed by atoms with Crippen molar-refractivity contribution < 1.29 is 10.2 Å². The average Bonchev–Trinajstić information content (AvgIpc) is 2.08. The summed E-state index contributed by atoms with van der Waals surface area (Å²) in [5.74, 6) is 0.180. The Labute approximate surface area is 83.6 Å². The largest absolute Gasteiger partial charge is 0.507 e. The molecule has 0 amide bonds. The number of aryl methyl sites for hydroxylation is 1. The fourth-order valence-electron chi connectivity index (χ4n) is 1.08. The number of para-hydroxylation sites is 1. The Bertz CT molecular complexity index is 278. The molecule has 1 aromatic carbocycles. The maximum atomic E-state index is 9.51. The number of benzene rings is 1. The Morgan fingerprint density at radius 1 is 1.46 bits per heavy atom. The lowest BCUT2D eigenvalue weighted by Crippen LogP contribution is -2.14. The van der Waals surface area contributed by atoms with Crippen LogP contribution in [0.2, 0.25) is 0 Å². The Kier molecular flexibility index (Phi) is 4.77. The van der Waals surface area contributed by atoms with E-state index in [1.54, 1.807) is 25.1 Å². The number of nitrogens with two attached hydrogens (primary N) is 1. The lowest BCUT2D eigenvalue weighted by molar-refractivity contribution is 0.265. The lowest BCUT2D eigenvalue weighted by atomic mass is 10.0. The van der Waals surface area contributed by atoms with Crippen LogP contribution in [0, 0.1) is 6.92 Å². The second-order valence-electron chi connectivity index (χ2n) is 2.80. The molecular formula is C9H14ClNO2. The first-order valence-corrected chi connectivity index (χ1v) is 3.81. The molecule has 0 aliphatic heterocycles. The average molecular weight is 204 g/mol. The fraction of sp³-hybridized carbons (Fsp3) is 0.333. The van der Waals surface area contributed by atoms with E-state index in [0.29, 0.717) is 5.56 Å². The number of phenols is 1. The van der Waals surface area contributed by atoms with Gasteiger partial charge >= 0.3 is 0 Å². The van der Waals surface area contributed by atoms with Crippen LogP contribution in [0.1, 0.15) is 17.2 Å². The molecule has 0 radical (unpaired) electrons. The van der Waals surface area contributed by atoms with Crippen molar-refractivity contribution in [2.45, 2.75) is 13.0 Å². The predicted octanol–water partition coefficient (Wildman–Crippen LogP) is 1.11. The van der Waals surface area contributed by atoms with Gasteiger partial charge in [-0.3, -0.25) is 0 Å². The van der Waals surface area contributed by atoms with Gasteiger partial charge in [0.05, 0.1) is 12.6 Å². The highest BCUT2D eigenvalue weighted by Gasteiger charge is 2.10. The maximum Gasteiger partial charge on any atom is 0.123 e. The number of aromatic hydroxyl groups is 1. The molecule has 1 rings (SSSR count). The lowest BCUT2D eigenvalue weighted by Gasteiger charge is -2.11. The van der Waals surface area contributed by atoms with Crippen molar-refractivity contribution in [1.82, 2.24) is 0 Å². The van der Waals surface area contributed by atoms with E-state index >= 15 is 0 Å². The molecule has 0 spiro atoms. The molecule has 13 heavy (non-hydrogen) atoms. The van der Waals surface area contributed by atoms with E-state index in [-0.39, 0.29) is 24.8 Å². The van der Waals surface area contributed by atoms with Gasteiger partial charge in [-0.25, -0.2) is 0 Å². The van der Waals surface area contributed by atoms with Gasteiger partial charge in [0.2, 0.25) is 0 Å². The number of aliphatic hydroxyl groups excluding tert-OH is 1. The maximum absolute atomic E-state index is 9.51.